The van der Waals surface area contributed by atoms with Gasteiger partial charge in [0, 0.05) is 10.9 Å². The summed E-state index contributed by atoms with van der Waals surface area (Å²) >= 11 is 3.43. The Morgan fingerprint density at radius 2 is 2.22 bits per heavy atom. The van der Waals surface area contributed by atoms with Crippen molar-refractivity contribution in [3.63, 3.8) is 0 Å². The highest BCUT2D eigenvalue weighted by atomic mass is 32.1. The summed E-state index contributed by atoms with van der Waals surface area (Å²) in [5, 5.41) is 13.9. The third-order valence-electron chi connectivity index (χ3n) is 3.67. The number of methoxy groups -OCH3 is 1. The number of nitrogens with one attached hydrogen (secondary N) is 1. The fourth-order valence-electron chi connectivity index (χ4n) is 2.48. The fraction of sp³-hybridized carbons (Fsp3) is 0.375. The van der Waals surface area contributed by atoms with E-state index in [0.717, 1.165) is 28.1 Å². The minimum atomic E-state index is 0.140. The van der Waals surface area contributed by atoms with Crippen LogP contribution in [0.25, 0.3) is 10.2 Å². The van der Waals surface area contributed by atoms with Crippen molar-refractivity contribution in [1.29, 1.82) is 0 Å². The minimum absolute atomic E-state index is 0.140. The molecule has 3 aromatic heterocycles. The van der Waals surface area contributed by atoms with Crippen LogP contribution >= 0.6 is 22.7 Å². The van der Waals surface area contributed by atoms with Crippen LogP contribution in [0.15, 0.2) is 17.6 Å². The highest BCUT2D eigenvalue weighted by molar-refractivity contribution is 7.19. The maximum atomic E-state index is 5.95. The molecule has 0 aliphatic carbocycles. The second kappa shape index (κ2) is 6.82. The first-order valence-corrected chi connectivity index (χ1v) is 9.13. The van der Waals surface area contributed by atoms with Crippen LogP contribution < -0.4 is 15.8 Å². The van der Waals surface area contributed by atoms with Crippen LogP contribution in [0, 0.1) is 6.92 Å². The molecule has 0 aliphatic rings. The zero-order valence-corrected chi connectivity index (χ0v) is 15.1. The van der Waals surface area contributed by atoms with Crippen molar-refractivity contribution in [1.82, 2.24) is 10.2 Å². The molecule has 3 aromatic rings. The monoisotopic (exact) mass is 348 g/mol. The number of rotatable bonds is 6. The zero-order valence-electron chi connectivity index (χ0n) is 13.4. The molecule has 0 amide bonds. The molecule has 7 heteroatoms. The molecule has 3 rings (SSSR count). The summed E-state index contributed by atoms with van der Waals surface area (Å²) < 4.78 is 6.50. The summed E-state index contributed by atoms with van der Waals surface area (Å²) in [5.74, 6) is 0.917. The second-order valence-corrected chi connectivity index (χ2v) is 7.64. The summed E-state index contributed by atoms with van der Waals surface area (Å²) in [6, 6.07) is 2.12. The summed E-state index contributed by atoms with van der Waals surface area (Å²) in [6.07, 6.45) is 2.65. The number of aryl methyl sites for hydroxylation is 1. The number of thiophene rings is 2. The largest absolute Gasteiger partial charge is 0.496 e. The molecule has 0 bridgehead atoms. The van der Waals surface area contributed by atoms with Crippen molar-refractivity contribution < 1.29 is 4.74 Å². The van der Waals surface area contributed by atoms with Crippen LogP contribution in [0.5, 0.6) is 5.75 Å². The lowest BCUT2D eigenvalue weighted by atomic mass is 10.1. The molecule has 3 N–H and O–H groups in total. The molecule has 0 spiro atoms. The number of hydrogen-bond acceptors (Lipinski definition) is 7. The quantitative estimate of drug-likeness (QED) is 0.712. The molecule has 0 fully saturated rings. The molecule has 0 aliphatic heterocycles. The number of hydrogen-bond donors (Lipinski definition) is 2. The van der Waals surface area contributed by atoms with Gasteiger partial charge < -0.3 is 15.8 Å². The average molecular weight is 348 g/mol. The van der Waals surface area contributed by atoms with Crippen LogP contribution in [0.3, 0.4) is 0 Å². The van der Waals surface area contributed by atoms with E-state index >= 15 is 0 Å². The molecule has 122 valence electrons. The molecular weight excluding hydrogens is 328 g/mol. The molecule has 1 unspecified atom stereocenters. The van der Waals surface area contributed by atoms with Gasteiger partial charge in [-0.1, -0.05) is 0 Å². The van der Waals surface area contributed by atoms with Crippen LogP contribution in [0.4, 0.5) is 5.69 Å². The molecule has 0 aromatic carbocycles. The van der Waals surface area contributed by atoms with Gasteiger partial charge in [0.2, 0.25) is 0 Å². The lowest BCUT2D eigenvalue weighted by Gasteiger charge is -2.07. The van der Waals surface area contributed by atoms with Crippen molar-refractivity contribution >= 4 is 38.6 Å². The van der Waals surface area contributed by atoms with Crippen LogP contribution in [0.1, 0.15) is 22.2 Å². The third kappa shape index (κ3) is 3.31. The highest BCUT2D eigenvalue weighted by Gasteiger charge is 2.15. The van der Waals surface area contributed by atoms with Gasteiger partial charge in [-0.25, -0.2) is 0 Å². The first-order valence-electron chi connectivity index (χ1n) is 7.43. The lowest BCUT2D eigenvalue weighted by molar-refractivity contribution is 0.413. The van der Waals surface area contributed by atoms with Gasteiger partial charge in [0.15, 0.2) is 0 Å². The van der Waals surface area contributed by atoms with Gasteiger partial charge in [-0.3, -0.25) is 0 Å². The Morgan fingerprint density at radius 3 is 2.96 bits per heavy atom. The Morgan fingerprint density at radius 1 is 1.39 bits per heavy atom. The van der Waals surface area contributed by atoms with Gasteiger partial charge in [-0.2, -0.15) is 5.10 Å². The molecule has 0 saturated heterocycles. The summed E-state index contributed by atoms with van der Waals surface area (Å²) in [4.78, 5) is 2.45. The van der Waals surface area contributed by atoms with Crippen molar-refractivity contribution in [3.05, 3.63) is 33.0 Å². The fourth-order valence-corrected chi connectivity index (χ4v) is 4.63. The van der Waals surface area contributed by atoms with Crippen molar-refractivity contribution in [2.45, 2.75) is 32.9 Å². The van der Waals surface area contributed by atoms with E-state index in [9.17, 15) is 0 Å². The molecule has 23 heavy (non-hydrogen) atoms. The molecule has 0 radical (unpaired) electrons. The van der Waals surface area contributed by atoms with E-state index in [1.165, 1.54) is 15.3 Å². The van der Waals surface area contributed by atoms with Gasteiger partial charge in [-0.15, -0.1) is 27.8 Å². The summed E-state index contributed by atoms with van der Waals surface area (Å²) in [5.41, 5.74) is 9.11. The van der Waals surface area contributed by atoms with Gasteiger partial charge in [0.25, 0.3) is 0 Å². The van der Waals surface area contributed by atoms with Gasteiger partial charge in [-0.05, 0) is 37.3 Å². The van der Waals surface area contributed by atoms with E-state index < -0.39 is 0 Å². The van der Waals surface area contributed by atoms with Crippen molar-refractivity contribution in [2.24, 2.45) is 5.73 Å². The Kier molecular flexibility index (Phi) is 4.79. The summed E-state index contributed by atoms with van der Waals surface area (Å²) in [6.45, 7) is 4.83. The predicted molar refractivity (Wildman–Crippen MR) is 97.7 cm³/mol. The second-order valence-electron chi connectivity index (χ2n) is 5.53. The number of nitrogens with two attached hydrogens (primary N) is 1. The Labute approximate surface area is 143 Å². The standard InChI is InChI=1S/C16H20N4OS2/c1-9(17)6-13-10(2)15-16(23-13)11(7-19-20-15)18-8-14-12(21-3)4-5-22-14/h4-5,7,9H,6,8,17H2,1-3H3,(H,18,20). The molecule has 1 atom stereocenters. The van der Waals surface area contributed by atoms with E-state index in [1.807, 2.05) is 18.4 Å². The van der Waals surface area contributed by atoms with E-state index in [1.54, 1.807) is 36.0 Å². The molecule has 0 saturated carbocycles. The molecule has 5 nitrogen and oxygen atoms in total. The summed E-state index contributed by atoms with van der Waals surface area (Å²) in [7, 11) is 1.70. The highest BCUT2D eigenvalue weighted by Crippen LogP contribution is 2.35. The van der Waals surface area contributed by atoms with Gasteiger partial charge >= 0.3 is 0 Å². The van der Waals surface area contributed by atoms with Crippen LogP contribution in [-0.2, 0) is 13.0 Å². The van der Waals surface area contributed by atoms with Crippen molar-refractivity contribution in [2.75, 3.05) is 12.4 Å². The van der Waals surface area contributed by atoms with Crippen LogP contribution in [0.2, 0.25) is 0 Å². The van der Waals surface area contributed by atoms with Gasteiger partial charge in [0.1, 0.15) is 11.3 Å². The lowest BCUT2D eigenvalue weighted by Crippen LogP contribution is -2.17. The zero-order chi connectivity index (χ0) is 16.4. The molecular formula is C16H20N4OS2. The van der Waals surface area contributed by atoms with Crippen molar-refractivity contribution in [3.8, 4) is 5.75 Å². The Hall–Kier alpha value is -1.70. The topological polar surface area (TPSA) is 73.1 Å². The van der Waals surface area contributed by atoms with E-state index in [4.69, 9.17) is 10.5 Å². The van der Waals surface area contributed by atoms with Crippen LogP contribution in [-0.4, -0.2) is 23.3 Å². The minimum Gasteiger partial charge on any atom is -0.496 e. The maximum absolute atomic E-state index is 5.95. The number of nitrogens with zero attached hydrogens (tertiary/aromatic N) is 2. The van der Waals surface area contributed by atoms with E-state index in [0.29, 0.717) is 6.54 Å². The SMILES string of the molecule is COc1ccsc1CNc1cnnc2c(C)c(CC(C)N)sc12. The third-order valence-corrected chi connectivity index (χ3v) is 5.91. The predicted octanol–water partition coefficient (Wildman–Crippen LogP) is 3.57. The van der Waals surface area contributed by atoms with E-state index in [2.05, 4.69) is 22.4 Å². The van der Waals surface area contributed by atoms with E-state index in [-0.39, 0.29) is 6.04 Å². The first-order chi connectivity index (χ1) is 11.1. The number of aromatic nitrogens is 2. The Balaban J connectivity index is 1.89. The molecule has 3 heterocycles. The first kappa shape index (κ1) is 16.2. The average Bonchev–Trinajstić information content (AvgIpc) is 3.10. The maximum Gasteiger partial charge on any atom is 0.134 e. The number of anilines is 1. The van der Waals surface area contributed by atoms with Gasteiger partial charge in [0.05, 0.1) is 35.1 Å². The Bertz CT molecular complexity index is 810. The normalized spacial score (nSPS) is 12.5. The smallest absolute Gasteiger partial charge is 0.134 e. The number of fused-ring (bicyclic) bond motifs is 1. The number of ether oxygens (including phenoxy) is 1.